The molecule has 0 aliphatic carbocycles. The second kappa shape index (κ2) is 7.49. The van der Waals surface area contributed by atoms with Crippen molar-refractivity contribution in [3.63, 3.8) is 0 Å². The summed E-state index contributed by atoms with van der Waals surface area (Å²) in [5.74, 6) is 0.873. The van der Waals surface area contributed by atoms with Crippen LogP contribution in [-0.4, -0.2) is 19.0 Å². The minimum atomic E-state index is 0.636. The maximum absolute atomic E-state index is 5.45. The van der Waals surface area contributed by atoms with Gasteiger partial charge in [0, 0.05) is 5.33 Å². The van der Waals surface area contributed by atoms with Crippen molar-refractivity contribution in [1.29, 1.82) is 0 Å². The third kappa shape index (κ3) is 5.00. The Morgan fingerprint density at radius 2 is 1.93 bits per heavy atom. The van der Waals surface area contributed by atoms with Gasteiger partial charge in [0.1, 0.15) is 5.75 Å². The van der Waals surface area contributed by atoms with Gasteiger partial charge in [-0.15, -0.1) is 0 Å². The summed E-state index contributed by atoms with van der Waals surface area (Å²) < 4.78 is 10.5. The van der Waals surface area contributed by atoms with E-state index in [1.54, 1.807) is 7.11 Å². The molecule has 0 bridgehead atoms. The molecule has 0 fully saturated rings. The van der Waals surface area contributed by atoms with Crippen molar-refractivity contribution in [3.8, 4) is 5.75 Å². The zero-order valence-corrected chi connectivity index (χ0v) is 10.4. The van der Waals surface area contributed by atoms with Crippen LogP contribution in [0.1, 0.15) is 5.56 Å². The van der Waals surface area contributed by atoms with Gasteiger partial charge in [0.15, 0.2) is 0 Å². The average Bonchev–Trinajstić information content (AvgIpc) is 2.30. The van der Waals surface area contributed by atoms with Gasteiger partial charge in [-0.1, -0.05) is 40.2 Å². The number of hydrogen-bond acceptors (Lipinski definition) is 2. The molecule has 2 nitrogen and oxygen atoms in total. The van der Waals surface area contributed by atoms with Crippen molar-refractivity contribution in [2.75, 3.05) is 19.0 Å². The Morgan fingerprint density at radius 3 is 2.53 bits per heavy atom. The Bertz CT molecular complexity index is 293. The lowest BCUT2D eigenvalue weighted by molar-refractivity contribution is 0.148. The van der Waals surface area contributed by atoms with E-state index in [2.05, 4.69) is 15.9 Å². The van der Waals surface area contributed by atoms with E-state index in [0.29, 0.717) is 13.2 Å². The van der Waals surface area contributed by atoms with E-state index in [9.17, 15) is 0 Å². The lowest BCUT2D eigenvalue weighted by atomic mass is 10.2. The van der Waals surface area contributed by atoms with Gasteiger partial charge in [0.05, 0.1) is 20.3 Å². The lowest BCUT2D eigenvalue weighted by Crippen LogP contribution is -1.93. The van der Waals surface area contributed by atoms with E-state index in [1.807, 2.05) is 36.4 Å². The number of allylic oxidation sites excluding steroid dienone is 1. The van der Waals surface area contributed by atoms with Crippen LogP contribution >= 0.6 is 15.9 Å². The maximum atomic E-state index is 5.45. The first kappa shape index (κ1) is 12.3. The van der Waals surface area contributed by atoms with E-state index < -0.39 is 0 Å². The Hall–Kier alpha value is -0.800. The normalized spacial score (nSPS) is 10.8. The molecule has 0 heterocycles. The number of hydrogen-bond donors (Lipinski definition) is 0. The summed E-state index contributed by atoms with van der Waals surface area (Å²) in [4.78, 5) is 0. The van der Waals surface area contributed by atoms with Gasteiger partial charge >= 0.3 is 0 Å². The monoisotopic (exact) mass is 270 g/mol. The van der Waals surface area contributed by atoms with Crippen LogP contribution in [0.3, 0.4) is 0 Å². The van der Waals surface area contributed by atoms with Crippen LogP contribution in [0.5, 0.6) is 5.75 Å². The van der Waals surface area contributed by atoms with E-state index in [0.717, 1.165) is 16.6 Å². The molecular formula is C12H15BrO2. The van der Waals surface area contributed by atoms with Gasteiger partial charge in [-0.05, 0) is 17.7 Å². The summed E-state index contributed by atoms with van der Waals surface area (Å²) in [6, 6.07) is 7.89. The highest BCUT2D eigenvalue weighted by Crippen LogP contribution is 2.11. The van der Waals surface area contributed by atoms with Crippen molar-refractivity contribution in [3.05, 3.63) is 42.0 Å². The van der Waals surface area contributed by atoms with E-state index in [4.69, 9.17) is 9.47 Å². The van der Waals surface area contributed by atoms with Crippen LogP contribution in [0.2, 0.25) is 0 Å². The fraction of sp³-hybridized carbons (Fsp3) is 0.333. The van der Waals surface area contributed by atoms with E-state index >= 15 is 0 Å². The van der Waals surface area contributed by atoms with Crippen LogP contribution < -0.4 is 4.74 Å². The van der Waals surface area contributed by atoms with Crippen molar-refractivity contribution < 1.29 is 9.47 Å². The molecule has 0 unspecified atom stereocenters. The number of methoxy groups -OCH3 is 1. The minimum absolute atomic E-state index is 0.636. The van der Waals surface area contributed by atoms with Gasteiger partial charge in [-0.25, -0.2) is 0 Å². The molecule has 0 amide bonds. The average molecular weight is 271 g/mol. The van der Waals surface area contributed by atoms with E-state index in [1.165, 1.54) is 0 Å². The quantitative estimate of drug-likeness (QED) is 0.449. The molecule has 3 heteroatoms. The largest absolute Gasteiger partial charge is 0.497 e. The molecule has 1 aromatic carbocycles. The number of halogens is 1. The second-order valence-corrected chi connectivity index (χ2v) is 3.64. The van der Waals surface area contributed by atoms with Crippen LogP contribution in [0.25, 0.3) is 0 Å². The second-order valence-electron chi connectivity index (χ2n) is 2.99. The number of ether oxygens (including phenoxy) is 2. The van der Waals surface area contributed by atoms with Crippen molar-refractivity contribution in [2.24, 2.45) is 0 Å². The van der Waals surface area contributed by atoms with Crippen LogP contribution in [0.15, 0.2) is 36.4 Å². The first-order valence-corrected chi connectivity index (χ1v) is 5.90. The van der Waals surface area contributed by atoms with Gasteiger partial charge in [0.25, 0.3) is 0 Å². The molecule has 82 valence electrons. The summed E-state index contributed by atoms with van der Waals surface area (Å²) in [7, 11) is 1.66. The highest BCUT2D eigenvalue weighted by atomic mass is 79.9. The molecule has 0 saturated carbocycles. The van der Waals surface area contributed by atoms with Gasteiger partial charge in [-0.3, -0.25) is 0 Å². The maximum Gasteiger partial charge on any atom is 0.118 e. The molecule has 0 spiro atoms. The third-order valence-electron chi connectivity index (χ3n) is 1.90. The summed E-state index contributed by atoms with van der Waals surface area (Å²) in [6.07, 6.45) is 4.02. The van der Waals surface area contributed by atoms with Gasteiger partial charge in [-0.2, -0.15) is 0 Å². The lowest BCUT2D eigenvalue weighted by Gasteiger charge is -2.03. The highest BCUT2D eigenvalue weighted by molar-refractivity contribution is 9.09. The minimum Gasteiger partial charge on any atom is -0.497 e. The Balaban J connectivity index is 2.28. The molecule has 1 aromatic rings. The summed E-state index contributed by atoms with van der Waals surface area (Å²) in [5, 5.41) is 0.874. The SMILES string of the molecule is COc1ccc(COC/C=C\CBr)cc1. The number of benzene rings is 1. The molecule has 0 saturated heterocycles. The molecule has 0 aromatic heterocycles. The molecule has 0 radical (unpaired) electrons. The highest BCUT2D eigenvalue weighted by Gasteiger charge is 1.93. The molecule has 0 aliphatic heterocycles. The topological polar surface area (TPSA) is 18.5 Å². The van der Waals surface area contributed by atoms with Crippen LogP contribution in [0.4, 0.5) is 0 Å². The number of rotatable bonds is 6. The molecule has 15 heavy (non-hydrogen) atoms. The smallest absolute Gasteiger partial charge is 0.118 e. The Labute approximate surface area is 99.0 Å². The predicted molar refractivity (Wildman–Crippen MR) is 65.6 cm³/mol. The Morgan fingerprint density at radius 1 is 1.20 bits per heavy atom. The third-order valence-corrected chi connectivity index (χ3v) is 2.27. The zero-order valence-electron chi connectivity index (χ0n) is 8.78. The molecule has 0 atom stereocenters. The number of alkyl halides is 1. The van der Waals surface area contributed by atoms with Crippen molar-refractivity contribution in [1.82, 2.24) is 0 Å². The van der Waals surface area contributed by atoms with E-state index in [-0.39, 0.29) is 0 Å². The van der Waals surface area contributed by atoms with Crippen LogP contribution in [0, 0.1) is 0 Å². The first-order valence-electron chi connectivity index (χ1n) is 4.78. The zero-order chi connectivity index (χ0) is 10.9. The van der Waals surface area contributed by atoms with Gasteiger partial charge < -0.3 is 9.47 Å². The molecule has 0 N–H and O–H groups in total. The molecule has 1 rings (SSSR count). The predicted octanol–water partition coefficient (Wildman–Crippen LogP) is 3.16. The Kier molecular flexibility index (Phi) is 6.12. The summed E-state index contributed by atoms with van der Waals surface area (Å²) in [6.45, 7) is 1.29. The fourth-order valence-electron chi connectivity index (χ4n) is 1.10. The fourth-order valence-corrected chi connectivity index (χ4v) is 1.36. The molecule has 0 aliphatic rings. The van der Waals surface area contributed by atoms with Crippen LogP contribution in [-0.2, 0) is 11.3 Å². The summed E-state index contributed by atoms with van der Waals surface area (Å²) in [5.41, 5.74) is 1.16. The first-order chi connectivity index (χ1) is 7.36. The summed E-state index contributed by atoms with van der Waals surface area (Å²) >= 11 is 3.31. The standard InChI is InChI=1S/C12H15BrO2/c1-14-12-6-4-11(5-7-12)10-15-9-3-2-8-13/h2-7H,8-10H2,1H3/b3-2-. The molecular weight excluding hydrogens is 256 g/mol. The van der Waals surface area contributed by atoms with Crippen molar-refractivity contribution in [2.45, 2.75) is 6.61 Å². The van der Waals surface area contributed by atoms with Crippen molar-refractivity contribution >= 4 is 15.9 Å². The van der Waals surface area contributed by atoms with Gasteiger partial charge in [0.2, 0.25) is 0 Å².